The van der Waals surface area contributed by atoms with Crippen molar-refractivity contribution in [2.24, 2.45) is 0 Å². The number of amides is 1. The van der Waals surface area contributed by atoms with Gasteiger partial charge in [-0.2, -0.15) is 15.3 Å². The number of hydrogen-bond acceptors (Lipinski definition) is 8. The fourth-order valence-corrected chi connectivity index (χ4v) is 4.92. The topological polar surface area (TPSA) is 133 Å². The molecule has 1 amide bonds. The average molecular weight is 545 g/mol. The van der Waals surface area contributed by atoms with Crippen LogP contribution in [0, 0.1) is 11.3 Å². The second-order valence-electron chi connectivity index (χ2n) is 9.52. The van der Waals surface area contributed by atoms with Crippen LogP contribution in [0.25, 0.3) is 5.69 Å². The third kappa shape index (κ3) is 4.28. The van der Waals surface area contributed by atoms with Gasteiger partial charge >= 0.3 is 0 Å². The minimum absolute atomic E-state index is 0.0948. The molecule has 0 radical (unpaired) electrons. The second-order valence-corrected chi connectivity index (χ2v) is 9.95. The number of aromatic nitrogens is 5. The lowest BCUT2D eigenvalue weighted by atomic mass is 9.94. The number of aromatic amines is 1. The Hall–Kier alpha value is -4.69. The molecule has 198 valence electrons. The molecule has 12 heteroatoms. The van der Waals surface area contributed by atoms with E-state index in [2.05, 4.69) is 21.0 Å². The monoisotopic (exact) mass is 544 g/mol. The number of hydrogen-bond donors (Lipinski definition) is 1. The molecule has 1 aliphatic heterocycles. The largest absolute Gasteiger partial charge is 0.479 e. The van der Waals surface area contributed by atoms with Crippen LogP contribution in [0.2, 0.25) is 5.02 Å². The maximum absolute atomic E-state index is 14.0. The number of nitrogens with zero attached hydrogens (tertiary/aromatic N) is 7. The summed E-state index contributed by atoms with van der Waals surface area (Å²) in [7, 11) is 5.15. The van der Waals surface area contributed by atoms with E-state index in [0.29, 0.717) is 34.2 Å². The number of methoxy groups -OCH3 is 1. The van der Waals surface area contributed by atoms with Gasteiger partial charge < -0.3 is 14.6 Å². The van der Waals surface area contributed by atoms with Gasteiger partial charge in [-0.15, -0.1) is 0 Å². The summed E-state index contributed by atoms with van der Waals surface area (Å²) in [6.45, 7) is 3.98. The van der Waals surface area contributed by atoms with Crippen LogP contribution in [-0.4, -0.2) is 51.8 Å². The van der Waals surface area contributed by atoms with Gasteiger partial charge in [0.05, 0.1) is 41.7 Å². The van der Waals surface area contributed by atoms with Crippen molar-refractivity contribution >= 4 is 29.1 Å². The highest BCUT2D eigenvalue weighted by Gasteiger charge is 2.46. The van der Waals surface area contributed by atoms with Gasteiger partial charge in [-0.05, 0) is 29.7 Å². The first kappa shape index (κ1) is 25.9. The van der Waals surface area contributed by atoms with E-state index in [1.165, 1.54) is 24.3 Å². The predicted molar refractivity (Wildman–Crippen MR) is 146 cm³/mol. The normalized spacial score (nSPS) is 14.5. The summed E-state index contributed by atoms with van der Waals surface area (Å²) in [5, 5.41) is 14.3. The van der Waals surface area contributed by atoms with Gasteiger partial charge in [0.15, 0.2) is 5.69 Å². The lowest BCUT2D eigenvalue weighted by Crippen LogP contribution is -2.34. The molecule has 1 aliphatic rings. The van der Waals surface area contributed by atoms with Crippen molar-refractivity contribution in [3.8, 4) is 17.6 Å². The number of nitriles is 1. The van der Waals surface area contributed by atoms with E-state index >= 15 is 0 Å². The Labute approximate surface area is 229 Å². The molecule has 11 nitrogen and oxygen atoms in total. The van der Waals surface area contributed by atoms with Crippen molar-refractivity contribution in [1.82, 2.24) is 24.7 Å². The van der Waals surface area contributed by atoms with E-state index in [1.54, 1.807) is 40.0 Å². The quantitative estimate of drug-likeness (QED) is 0.387. The molecule has 1 atom stereocenters. The lowest BCUT2D eigenvalue weighted by molar-refractivity contribution is 0.0988. The summed E-state index contributed by atoms with van der Waals surface area (Å²) in [5.74, 6) is 0.185. The van der Waals surface area contributed by atoms with Gasteiger partial charge in [0.2, 0.25) is 11.8 Å². The highest BCUT2D eigenvalue weighted by molar-refractivity contribution is 6.30. The number of rotatable bonds is 6. The van der Waals surface area contributed by atoms with Crippen LogP contribution in [0.15, 0.2) is 47.5 Å². The SMILES string of the molecule is COc1nc(N(C)C)ncc1-n1nc2c(c1C(C)C)C(c1ccc(C#N)cc1)N(c1cc(Cl)c[nH]c1=O)C2=O. The molecule has 0 spiro atoms. The molecule has 5 rings (SSSR count). The smallest absolute Gasteiger partial charge is 0.280 e. The van der Waals surface area contributed by atoms with E-state index in [9.17, 15) is 14.9 Å². The zero-order chi connectivity index (χ0) is 28.0. The van der Waals surface area contributed by atoms with Crippen molar-refractivity contribution in [1.29, 1.82) is 5.26 Å². The van der Waals surface area contributed by atoms with E-state index in [4.69, 9.17) is 21.4 Å². The summed E-state index contributed by atoms with van der Waals surface area (Å²) in [6, 6.07) is 9.76. The van der Waals surface area contributed by atoms with Crippen LogP contribution < -0.4 is 20.1 Å². The summed E-state index contributed by atoms with van der Waals surface area (Å²) in [4.78, 5) is 41.6. The van der Waals surface area contributed by atoms with Crippen molar-refractivity contribution in [2.75, 3.05) is 31.0 Å². The number of pyridine rings is 1. The van der Waals surface area contributed by atoms with Gasteiger partial charge in [0, 0.05) is 25.9 Å². The fourth-order valence-electron chi connectivity index (χ4n) is 4.76. The molecule has 0 aliphatic carbocycles. The molecule has 4 aromatic rings. The maximum atomic E-state index is 14.0. The molecular formula is C27H25ClN8O3. The molecule has 1 N–H and O–H groups in total. The van der Waals surface area contributed by atoms with Crippen molar-refractivity contribution in [2.45, 2.75) is 25.8 Å². The van der Waals surface area contributed by atoms with Gasteiger partial charge in [-0.1, -0.05) is 37.6 Å². The molecule has 3 aromatic heterocycles. The Bertz CT molecular complexity index is 1680. The number of benzene rings is 1. The highest BCUT2D eigenvalue weighted by Crippen LogP contribution is 2.45. The number of carbonyl (C=O) groups excluding carboxylic acids is 1. The number of carbonyl (C=O) groups is 1. The molecular weight excluding hydrogens is 520 g/mol. The number of halogens is 1. The Kier molecular flexibility index (Phi) is 6.57. The molecule has 4 heterocycles. The van der Waals surface area contributed by atoms with Crippen LogP contribution in [-0.2, 0) is 0 Å². The van der Waals surface area contributed by atoms with Gasteiger partial charge in [-0.25, -0.2) is 9.67 Å². The summed E-state index contributed by atoms with van der Waals surface area (Å²) in [5.41, 5.74) is 2.82. The minimum Gasteiger partial charge on any atom is -0.479 e. The Morgan fingerprint density at radius 2 is 1.90 bits per heavy atom. The zero-order valence-corrected chi connectivity index (χ0v) is 22.7. The molecule has 39 heavy (non-hydrogen) atoms. The molecule has 0 fully saturated rings. The van der Waals surface area contributed by atoms with E-state index in [1.807, 2.05) is 27.9 Å². The van der Waals surface area contributed by atoms with E-state index < -0.39 is 17.5 Å². The molecule has 0 saturated carbocycles. The Balaban J connectivity index is 1.79. The summed E-state index contributed by atoms with van der Waals surface area (Å²) < 4.78 is 7.23. The van der Waals surface area contributed by atoms with Crippen LogP contribution in [0.4, 0.5) is 11.6 Å². The molecule has 1 unspecified atom stereocenters. The Morgan fingerprint density at radius 3 is 2.51 bits per heavy atom. The first-order chi connectivity index (χ1) is 18.7. The number of fused-ring (bicyclic) bond motifs is 1. The summed E-state index contributed by atoms with van der Waals surface area (Å²) in [6.07, 6.45) is 2.98. The van der Waals surface area contributed by atoms with Crippen LogP contribution in [0.3, 0.4) is 0 Å². The van der Waals surface area contributed by atoms with Crippen LogP contribution in [0.5, 0.6) is 5.88 Å². The molecule has 0 bridgehead atoms. The molecule has 1 aromatic carbocycles. The number of H-pyrrole nitrogens is 1. The summed E-state index contributed by atoms with van der Waals surface area (Å²) >= 11 is 6.22. The lowest BCUT2D eigenvalue weighted by Gasteiger charge is -2.27. The van der Waals surface area contributed by atoms with Gasteiger partial charge in [-0.3, -0.25) is 14.5 Å². The predicted octanol–water partition coefficient (Wildman–Crippen LogP) is 3.82. The third-order valence-electron chi connectivity index (χ3n) is 6.47. The van der Waals surface area contributed by atoms with E-state index in [0.717, 1.165) is 5.69 Å². The van der Waals surface area contributed by atoms with Gasteiger partial charge in [0.25, 0.3) is 11.5 Å². The van der Waals surface area contributed by atoms with Crippen molar-refractivity contribution in [3.63, 3.8) is 0 Å². The number of anilines is 2. The zero-order valence-electron chi connectivity index (χ0n) is 21.9. The van der Waals surface area contributed by atoms with Crippen molar-refractivity contribution in [3.05, 3.63) is 86.2 Å². The first-order valence-electron chi connectivity index (χ1n) is 12.1. The minimum atomic E-state index is -0.709. The fraction of sp³-hybridized carbons (Fsp3) is 0.259. The highest BCUT2D eigenvalue weighted by atomic mass is 35.5. The number of nitrogens with one attached hydrogen (secondary N) is 1. The average Bonchev–Trinajstić information content (AvgIpc) is 3.44. The van der Waals surface area contributed by atoms with Crippen LogP contribution >= 0.6 is 11.6 Å². The third-order valence-corrected chi connectivity index (χ3v) is 6.69. The van der Waals surface area contributed by atoms with Crippen molar-refractivity contribution < 1.29 is 9.53 Å². The maximum Gasteiger partial charge on any atom is 0.280 e. The van der Waals surface area contributed by atoms with E-state index in [-0.39, 0.29) is 22.3 Å². The standard InChI is InChI=1S/C27H25ClN8O3/c1-14(2)22-20-21(33-36(22)19-13-31-27(34(3)4)32-25(19)39-5)26(38)35(18-10-17(28)12-30-24(18)37)23(20)16-8-6-15(11-29)7-9-16/h6-10,12-14,23H,1-5H3,(H,30,37). The number of ether oxygens (including phenoxy) is 1. The van der Waals surface area contributed by atoms with Crippen LogP contribution in [0.1, 0.15) is 58.7 Å². The second kappa shape index (κ2) is 9.89. The Morgan fingerprint density at radius 1 is 1.18 bits per heavy atom. The molecule has 0 saturated heterocycles. The van der Waals surface area contributed by atoms with Gasteiger partial charge in [0.1, 0.15) is 11.4 Å². The first-order valence-corrected chi connectivity index (χ1v) is 12.5.